The molecule has 1 saturated heterocycles. The monoisotopic (exact) mass is 451 g/mol. The number of imide groups is 1. The number of carbonyl (C=O) groups is 2. The number of hydrogen-bond acceptors (Lipinski definition) is 4. The van der Waals surface area contributed by atoms with Gasteiger partial charge in [-0.15, -0.1) is 0 Å². The van der Waals surface area contributed by atoms with Gasteiger partial charge in [-0.05, 0) is 49.1 Å². The number of nitrogens with zero attached hydrogens (tertiary/aromatic N) is 2. The van der Waals surface area contributed by atoms with Crippen molar-refractivity contribution in [3.05, 3.63) is 59.0 Å². The number of carbonyl (C=O) groups excluding carboxylic acids is 2. The first-order valence-electron chi connectivity index (χ1n) is 11.1. The van der Waals surface area contributed by atoms with Gasteiger partial charge >= 0.3 is 6.03 Å². The molecule has 2 aliphatic rings. The van der Waals surface area contributed by atoms with E-state index in [1.54, 1.807) is 36.1 Å². The van der Waals surface area contributed by atoms with E-state index >= 15 is 0 Å². The lowest BCUT2D eigenvalue weighted by Gasteiger charge is -2.42. The topological polar surface area (TPSA) is 85.9 Å². The zero-order valence-electron chi connectivity index (χ0n) is 18.8. The van der Waals surface area contributed by atoms with Crippen molar-refractivity contribution in [2.45, 2.75) is 44.7 Å². The Labute approximate surface area is 190 Å². The van der Waals surface area contributed by atoms with E-state index in [2.05, 4.69) is 4.98 Å². The summed E-state index contributed by atoms with van der Waals surface area (Å²) in [6.07, 6.45) is 1.38. The third-order valence-electron chi connectivity index (χ3n) is 6.84. The van der Waals surface area contributed by atoms with Crippen LogP contribution in [0.5, 0.6) is 11.5 Å². The quantitative estimate of drug-likeness (QED) is 0.567. The lowest BCUT2D eigenvalue weighted by molar-refractivity contribution is -0.133. The molecule has 5 rings (SSSR count). The van der Waals surface area contributed by atoms with Crippen molar-refractivity contribution in [3.63, 3.8) is 0 Å². The Morgan fingerprint density at radius 3 is 2.76 bits per heavy atom. The predicted octanol–water partition coefficient (Wildman–Crippen LogP) is 4.29. The molecule has 1 fully saturated rings. The molecule has 1 aromatic heterocycles. The fourth-order valence-electron chi connectivity index (χ4n) is 5.36. The highest BCUT2D eigenvalue weighted by atomic mass is 19.1. The van der Waals surface area contributed by atoms with E-state index in [0.29, 0.717) is 31.3 Å². The highest BCUT2D eigenvalue weighted by Gasteiger charge is 2.59. The number of rotatable bonds is 5. The molecule has 7 nitrogen and oxygen atoms in total. The van der Waals surface area contributed by atoms with Crippen LogP contribution in [0.1, 0.15) is 43.1 Å². The molecule has 3 heterocycles. The summed E-state index contributed by atoms with van der Waals surface area (Å²) in [5.41, 5.74) is 2.02. The van der Waals surface area contributed by atoms with E-state index < -0.39 is 17.4 Å². The number of benzene rings is 2. The van der Waals surface area contributed by atoms with Gasteiger partial charge in [0, 0.05) is 35.6 Å². The van der Waals surface area contributed by atoms with Gasteiger partial charge in [0.1, 0.15) is 11.3 Å². The molecule has 2 aliphatic heterocycles. The summed E-state index contributed by atoms with van der Waals surface area (Å²) in [7, 11) is 1.42. The van der Waals surface area contributed by atoms with Crippen molar-refractivity contribution < 1.29 is 23.8 Å². The molecule has 0 saturated carbocycles. The molecule has 0 spiro atoms. The van der Waals surface area contributed by atoms with E-state index in [1.807, 2.05) is 13.0 Å². The highest BCUT2D eigenvalue weighted by Crippen LogP contribution is 2.48. The fourth-order valence-corrected chi connectivity index (χ4v) is 5.36. The number of H-pyrrole nitrogens is 1. The van der Waals surface area contributed by atoms with Crippen molar-refractivity contribution >= 4 is 22.8 Å². The van der Waals surface area contributed by atoms with Crippen molar-refractivity contribution in [1.29, 1.82) is 0 Å². The molecule has 3 aromatic rings. The molecule has 3 amide bonds. The number of urea groups is 1. The summed E-state index contributed by atoms with van der Waals surface area (Å²) in [5, 5.41) is 10.8. The molecule has 172 valence electrons. The number of aromatic amines is 1. The van der Waals surface area contributed by atoms with E-state index in [1.165, 1.54) is 18.1 Å². The number of fused-ring (bicyclic) bond motifs is 4. The lowest BCUT2D eigenvalue weighted by Crippen LogP contribution is -2.53. The van der Waals surface area contributed by atoms with Crippen LogP contribution in [0.25, 0.3) is 10.9 Å². The second kappa shape index (κ2) is 7.50. The van der Waals surface area contributed by atoms with Crippen LogP contribution < -0.4 is 4.74 Å². The minimum atomic E-state index is -1.06. The smallest absolute Gasteiger partial charge is 0.328 e. The Morgan fingerprint density at radius 2 is 2.06 bits per heavy atom. The Hall–Kier alpha value is -3.55. The molecule has 0 aliphatic carbocycles. The third kappa shape index (κ3) is 3.08. The summed E-state index contributed by atoms with van der Waals surface area (Å²) in [4.78, 5) is 33.3. The SMILES string of the molecule is CCCN1C(=O)N2C(Cc3cccc(O)c3)c3[nH]c4cc(F)c(OC)cc4c3C[C@@]2(C)C1=O. The van der Waals surface area contributed by atoms with Gasteiger partial charge in [0.05, 0.1) is 13.2 Å². The zero-order chi connectivity index (χ0) is 23.5. The average Bonchev–Trinajstić information content (AvgIpc) is 3.20. The van der Waals surface area contributed by atoms with Gasteiger partial charge in [0.25, 0.3) is 5.91 Å². The molecular weight excluding hydrogens is 425 g/mol. The molecular formula is C25H26FN3O4. The minimum Gasteiger partial charge on any atom is -0.508 e. The highest BCUT2D eigenvalue weighted by molar-refractivity contribution is 6.08. The Morgan fingerprint density at radius 1 is 1.27 bits per heavy atom. The van der Waals surface area contributed by atoms with Crippen molar-refractivity contribution in [3.8, 4) is 11.5 Å². The number of ether oxygens (including phenoxy) is 1. The summed E-state index contributed by atoms with van der Waals surface area (Å²) in [6, 6.07) is 9.10. The van der Waals surface area contributed by atoms with Gasteiger partial charge < -0.3 is 19.7 Å². The van der Waals surface area contributed by atoms with Crippen molar-refractivity contribution in [1.82, 2.24) is 14.8 Å². The van der Waals surface area contributed by atoms with Crippen LogP contribution in [0.4, 0.5) is 9.18 Å². The van der Waals surface area contributed by atoms with Crippen LogP contribution in [-0.4, -0.2) is 51.0 Å². The van der Waals surface area contributed by atoms with Gasteiger partial charge in [0.15, 0.2) is 11.6 Å². The first-order valence-corrected chi connectivity index (χ1v) is 11.1. The van der Waals surface area contributed by atoms with Crippen LogP contribution in [0.15, 0.2) is 36.4 Å². The number of aromatic hydroxyl groups is 1. The van der Waals surface area contributed by atoms with Crippen molar-refractivity contribution in [2.75, 3.05) is 13.7 Å². The van der Waals surface area contributed by atoms with Gasteiger partial charge in [-0.3, -0.25) is 9.69 Å². The number of phenols is 1. The van der Waals surface area contributed by atoms with Crippen LogP contribution in [0.3, 0.4) is 0 Å². The largest absolute Gasteiger partial charge is 0.508 e. The lowest BCUT2D eigenvalue weighted by atomic mass is 9.81. The molecule has 0 bridgehead atoms. The number of phenolic OH excluding ortho intramolecular Hbond substituents is 1. The summed E-state index contributed by atoms with van der Waals surface area (Å²) in [6.45, 7) is 4.10. The number of halogens is 1. The third-order valence-corrected chi connectivity index (χ3v) is 6.84. The summed E-state index contributed by atoms with van der Waals surface area (Å²) < 4.78 is 19.6. The molecule has 2 atom stereocenters. The standard InChI is InChI=1S/C25H26FN3O4/c1-4-8-28-23(31)25(2)13-17-16-11-21(33-3)18(26)12-19(16)27-22(17)20(29(25)24(28)32)10-14-6-5-7-15(30)9-14/h5-7,9,11-12,20,27,30H,4,8,10,13H2,1-3H3/t20?,25-/m0/s1. The number of aromatic nitrogens is 1. The number of nitrogens with one attached hydrogen (secondary N) is 1. The van der Waals surface area contributed by atoms with Crippen LogP contribution in [-0.2, 0) is 17.6 Å². The average molecular weight is 451 g/mol. The fraction of sp³-hybridized carbons (Fsp3) is 0.360. The summed E-state index contributed by atoms with van der Waals surface area (Å²) >= 11 is 0. The Bertz CT molecular complexity index is 1290. The van der Waals surface area contributed by atoms with Crippen molar-refractivity contribution in [2.24, 2.45) is 0 Å². The normalized spacial score (nSPS) is 22.1. The second-order valence-corrected chi connectivity index (χ2v) is 9.00. The Kier molecular flexibility index (Phi) is 4.84. The van der Waals surface area contributed by atoms with Gasteiger partial charge in [-0.2, -0.15) is 0 Å². The maximum Gasteiger partial charge on any atom is 0.328 e. The minimum absolute atomic E-state index is 0.128. The van der Waals surface area contributed by atoms with E-state index in [9.17, 15) is 19.1 Å². The molecule has 1 unspecified atom stereocenters. The molecule has 33 heavy (non-hydrogen) atoms. The van der Waals surface area contributed by atoms with Crippen LogP contribution >= 0.6 is 0 Å². The maximum atomic E-state index is 14.4. The number of hydrogen-bond donors (Lipinski definition) is 2. The molecule has 2 aromatic carbocycles. The molecule has 0 radical (unpaired) electrons. The zero-order valence-corrected chi connectivity index (χ0v) is 18.8. The molecule has 2 N–H and O–H groups in total. The van der Waals surface area contributed by atoms with E-state index in [0.717, 1.165) is 22.2 Å². The molecule has 8 heteroatoms. The Balaban J connectivity index is 1.71. The first kappa shape index (κ1) is 21.3. The maximum absolute atomic E-state index is 14.4. The van der Waals surface area contributed by atoms with Gasteiger partial charge in [0.2, 0.25) is 0 Å². The second-order valence-electron chi connectivity index (χ2n) is 9.00. The first-order chi connectivity index (χ1) is 15.8. The van der Waals surface area contributed by atoms with Gasteiger partial charge in [-0.25, -0.2) is 9.18 Å². The number of methoxy groups -OCH3 is 1. The van der Waals surface area contributed by atoms with Crippen LogP contribution in [0.2, 0.25) is 0 Å². The van der Waals surface area contributed by atoms with Gasteiger partial charge in [-0.1, -0.05) is 19.1 Å². The van der Waals surface area contributed by atoms with E-state index in [4.69, 9.17) is 4.74 Å². The van der Waals surface area contributed by atoms with E-state index in [-0.39, 0.29) is 23.4 Å². The van der Waals surface area contributed by atoms with Crippen LogP contribution in [0, 0.1) is 5.82 Å². The number of amides is 3. The summed E-state index contributed by atoms with van der Waals surface area (Å²) in [5.74, 6) is -0.445. The predicted molar refractivity (Wildman–Crippen MR) is 121 cm³/mol.